The highest BCUT2D eigenvalue weighted by molar-refractivity contribution is 6.31. The molecule has 1 atom stereocenters. The number of halogens is 1. The molecule has 2 rings (SSSR count). The first-order valence-corrected chi connectivity index (χ1v) is 6.33. The van der Waals surface area contributed by atoms with Crippen molar-refractivity contribution in [2.45, 2.75) is 13.0 Å². The van der Waals surface area contributed by atoms with E-state index in [0.29, 0.717) is 13.1 Å². The summed E-state index contributed by atoms with van der Waals surface area (Å²) in [4.78, 5) is 24.3. The van der Waals surface area contributed by atoms with Crippen LogP contribution >= 0.6 is 11.6 Å². The quantitative estimate of drug-likeness (QED) is 0.662. The summed E-state index contributed by atoms with van der Waals surface area (Å²) < 4.78 is 0. The van der Waals surface area contributed by atoms with E-state index in [1.165, 1.54) is 18.2 Å². The monoisotopic (exact) mass is 283 g/mol. The van der Waals surface area contributed by atoms with Gasteiger partial charge in [-0.1, -0.05) is 11.6 Å². The van der Waals surface area contributed by atoms with Gasteiger partial charge in [-0.25, -0.2) is 0 Å². The lowest BCUT2D eigenvalue weighted by atomic mass is 10.1. The summed E-state index contributed by atoms with van der Waals surface area (Å²) in [6.07, 6.45) is 0. The summed E-state index contributed by atoms with van der Waals surface area (Å²) in [5.74, 6) is -0.223. The van der Waals surface area contributed by atoms with Gasteiger partial charge in [-0.05, 0) is 13.0 Å². The van der Waals surface area contributed by atoms with E-state index in [0.717, 1.165) is 6.54 Å². The van der Waals surface area contributed by atoms with Crippen LogP contribution in [0, 0.1) is 10.1 Å². The molecule has 0 bridgehead atoms. The molecular weight excluding hydrogens is 270 g/mol. The van der Waals surface area contributed by atoms with E-state index < -0.39 is 4.92 Å². The van der Waals surface area contributed by atoms with Crippen molar-refractivity contribution in [1.82, 2.24) is 10.2 Å². The van der Waals surface area contributed by atoms with Crippen LogP contribution in [-0.2, 0) is 0 Å². The van der Waals surface area contributed by atoms with Gasteiger partial charge in [0.25, 0.3) is 11.6 Å². The third-order valence-electron chi connectivity index (χ3n) is 3.10. The van der Waals surface area contributed by atoms with E-state index >= 15 is 0 Å². The van der Waals surface area contributed by atoms with Crippen LogP contribution in [0.3, 0.4) is 0 Å². The van der Waals surface area contributed by atoms with Crippen LogP contribution in [-0.4, -0.2) is 41.4 Å². The van der Waals surface area contributed by atoms with Crippen LogP contribution in [0.2, 0.25) is 5.02 Å². The topological polar surface area (TPSA) is 75.5 Å². The molecule has 0 aromatic heterocycles. The zero-order valence-electron chi connectivity index (χ0n) is 10.4. The molecule has 6 nitrogen and oxygen atoms in total. The minimum atomic E-state index is -0.552. The Morgan fingerprint density at radius 3 is 2.89 bits per heavy atom. The van der Waals surface area contributed by atoms with Crippen LogP contribution in [0.15, 0.2) is 18.2 Å². The summed E-state index contributed by atoms with van der Waals surface area (Å²) in [7, 11) is 0. The second-order valence-corrected chi connectivity index (χ2v) is 4.94. The number of nitro benzene ring substituents is 1. The number of nitrogens with zero attached hydrogens (tertiary/aromatic N) is 2. The van der Waals surface area contributed by atoms with Gasteiger partial charge >= 0.3 is 0 Å². The van der Waals surface area contributed by atoms with Crippen LogP contribution in [0.1, 0.15) is 17.3 Å². The van der Waals surface area contributed by atoms with Crippen molar-refractivity contribution in [3.63, 3.8) is 0 Å². The number of nitro groups is 1. The molecule has 0 saturated carbocycles. The van der Waals surface area contributed by atoms with Crippen LogP contribution in [0.4, 0.5) is 5.69 Å². The Bertz CT molecular complexity index is 521. The van der Waals surface area contributed by atoms with Crippen LogP contribution in [0.5, 0.6) is 0 Å². The SMILES string of the molecule is C[C@@H]1CNCCN1C(=O)c1cc(Cl)cc([N+](=O)[O-])c1. The number of nitrogens with one attached hydrogen (secondary N) is 1. The highest BCUT2D eigenvalue weighted by Crippen LogP contribution is 2.22. The molecule has 1 aliphatic heterocycles. The molecule has 1 fully saturated rings. The number of rotatable bonds is 2. The van der Waals surface area contributed by atoms with Crippen molar-refractivity contribution in [3.05, 3.63) is 38.9 Å². The summed E-state index contributed by atoms with van der Waals surface area (Å²) >= 11 is 5.83. The average Bonchev–Trinajstić information content (AvgIpc) is 2.37. The van der Waals surface area contributed by atoms with Gasteiger partial charge in [-0.15, -0.1) is 0 Å². The number of benzene rings is 1. The lowest BCUT2D eigenvalue weighted by molar-refractivity contribution is -0.384. The lowest BCUT2D eigenvalue weighted by Gasteiger charge is -2.34. The van der Waals surface area contributed by atoms with Gasteiger partial charge < -0.3 is 10.2 Å². The first-order valence-electron chi connectivity index (χ1n) is 5.95. The number of hydrogen-bond donors (Lipinski definition) is 1. The Morgan fingerprint density at radius 2 is 2.26 bits per heavy atom. The zero-order chi connectivity index (χ0) is 14.0. The molecule has 0 unspecified atom stereocenters. The second-order valence-electron chi connectivity index (χ2n) is 4.51. The smallest absolute Gasteiger partial charge is 0.271 e. The highest BCUT2D eigenvalue weighted by atomic mass is 35.5. The van der Waals surface area contributed by atoms with Crippen molar-refractivity contribution in [3.8, 4) is 0 Å². The Kier molecular flexibility index (Phi) is 4.01. The van der Waals surface area contributed by atoms with E-state index in [9.17, 15) is 14.9 Å². The minimum Gasteiger partial charge on any atom is -0.333 e. The largest absolute Gasteiger partial charge is 0.333 e. The van der Waals surface area contributed by atoms with Gasteiger partial charge in [-0.2, -0.15) is 0 Å². The Morgan fingerprint density at radius 1 is 1.53 bits per heavy atom. The molecule has 102 valence electrons. The summed E-state index contributed by atoms with van der Waals surface area (Å²) in [6, 6.07) is 4.02. The molecular formula is C12H14ClN3O3. The van der Waals surface area contributed by atoms with E-state index in [1.54, 1.807) is 4.90 Å². The fourth-order valence-electron chi connectivity index (χ4n) is 2.11. The van der Waals surface area contributed by atoms with E-state index in [-0.39, 0.29) is 28.2 Å². The Labute approximate surface area is 115 Å². The summed E-state index contributed by atoms with van der Waals surface area (Å²) in [5, 5.41) is 14.2. The molecule has 1 N–H and O–H groups in total. The molecule has 7 heteroatoms. The molecule has 0 aliphatic carbocycles. The lowest BCUT2D eigenvalue weighted by Crippen LogP contribution is -2.52. The van der Waals surface area contributed by atoms with E-state index in [1.807, 2.05) is 6.92 Å². The molecule has 19 heavy (non-hydrogen) atoms. The van der Waals surface area contributed by atoms with Gasteiger partial charge in [0.05, 0.1) is 4.92 Å². The predicted molar refractivity (Wildman–Crippen MR) is 71.5 cm³/mol. The van der Waals surface area contributed by atoms with Crippen molar-refractivity contribution < 1.29 is 9.72 Å². The minimum absolute atomic E-state index is 0.0549. The maximum absolute atomic E-state index is 12.4. The van der Waals surface area contributed by atoms with Crippen molar-refractivity contribution >= 4 is 23.2 Å². The average molecular weight is 284 g/mol. The fraction of sp³-hybridized carbons (Fsp3) is 0.417. The first-order chi connectivity index (χ1) is 8.99. The van der Waals surface area contributed by atoms with Gasteiger partial charge in [0, 0.05) is 48.4 Å². The van der Waals surface area contributed by atoms with Gasteiger partial charge in [0.2, 0.25) is 0 Å². The number of carbonyl (C=O) groups is 1. The van der Waals surface area contributed by atoms with Gasteiger partial charge in [0.1, 0.15) is 0 Å². The Hall–Kier alpha value is -1.66. The van der Waals surface area contributed by atoms with E-state index in [2.05, 4.69) is 5.32 Å². The third kappa shape index (κ3) is 3.02. The fourth-order valence-corrected chi connectivity index (χ4v) is 2.34. The van der Waals surface area contributed by atoms with Crippen molar-refractivity contribution in [1.29, 1.82) is 0 Å². The molecule has 1 aromatic carbocycles. The number of hydrogen-bond acceptors (Lipinski definition) is 4. The molecule has 1 aliphatic rings. The number of carbonyl (C=O) groups excluding carboxylic acids is 1. The highest BCUT2D eigenvalue weighted by Gasteiger charge is 2.25. The van der Waals surface area contributed by atoms with Gasteiger partial charge in [-0.3, -0.25) is 14.9 Å². The molecule has 0 spiro atoms. The van der Waals surface area contributed by atoms with Crippen LogP contribution < -0.4 is 5.32 Å². The van der Waals surface area contributed by atoms with Crippen molar-refractivity contribution in [2.24, 2.45) is 0 Å². The van der Waals surface area contributed by atoms with E-state index in [4.69, 9.17) is 11.6 Å². The standard InChI is InChI=1S/C12H14ClN3O3/c1-8-7-14-2-3-15(8)12(17)9-4-10(13)6-11(5-9)16(18)19/h4-6,8,14H,2-3,7H2,1H3/t8-/m1/s1. The Balaban J connectivity index is 2.30. The molecule has 1 saturated heterocycles. The normalized spacial score (nSPS) is 19.3. The molecule has 1 heterocycles. The number of non-ortho nitro benzene ring substituents is 1. The number of piperazine rings is 1. The maximum atomic E-state index is 12.4. The second kappa shape index (κ2) is 5.54. The van der Waals surface area contributed by atoms with Gasteiger partial charge in [0.15, 0.2) is 0 Å². The maximum Gasteiger partial charge on any atom is 0.271 e. The van der Waals surface area contributed by atoms with Crippen LogP contribution in [0.25, 0.3) is 0 Å². The number of amides is 1. The molecule has 0 radical (unpaired) electrons. The van der Waals surface area contributed by atoms with Crippen molar-refractivity contribution in [2.75, 3.05) is 19.6 Å². The predicted octanol–water partition coefficient (Wildman–Crippen LogP) is 1.68. The third-order valence-corrected chi connectivity index (χ3v) is 3.32. The molecule has 1 amide bonds. The molecule has 1 aromatic rings. The summed E-state index contributed by atoms with van der Waals surface area (Å²) in [6.45, 7) is 3.95. The first kappa shape index (κ1) is 13.8. The summed E-state index contributed by atoms with van der Waals surface area (Å²) in [5.41, 5.74) is 0.0894. The zero-order valence-corrected chi connectivity index (χ0v) is 11.2.